The van der Waals surface area contributed by atoms with E-state index in [1.807, 2.05) is 12.1 Å². The van der Waals surface area contributed by atoms with Gasteiger partial charge < -0.3 is 15.4 Å². The molecule has 0 amide bonds. The molecule has 1 aliphatic heterocycles. The fourth-order valence-corrected chi connectivity index (χ4v) is 4.55. The van der Waals surface area contributed by atoms with Gasteiger partial charge in [0.15, 0.2) is 5.96 Å². The van der Waals surface area contributed by atoms with Gasteiger partial charge >= 0.3 is 0 Å². The van der Waals surface area contributed by atoms with Crippen molar-refractivity contribution < 1.29 is 13.2 Å². The van der Waals surface area contributed by atoms with Crippen LogP contribution < -0.4 is 15.4 Å². The highest BCUT2D eigenvalue weighted by molar-refractivity contribution is 7.90. The molecule has 1 aromatic rings. The molecule has 0 radical (unpaired) electrons. The zero-order chi connectivity index (χ0) is 22.2. The number of benzene rings is 1. The lowest BCUT2D eigenvalue weighted by Gasteiger charge is -2.30. The van der Waals surface area contributed by atoms with Gasteiger partial charge in [-0.1, -0.05) is 26.0 Å². The van der Waals surface area contributed by atoms with Gasteiger partial charge in [0.05, 0.1) is 18.9 Å². The molecule has 1 fully saturated rings. The first kappa shape index (κ1) is 24.5. The first-order chi connectivity index (χ1) is 14.1. The Balaban J connectivity index is 1.96. The summed E-state index contributed by atoms with van der Waals surface area (Å²) < 4.78 is 28.3. The topological polar surface area (TPSA) is 83.0 Å². The second kappa shape index (κ2) is 11.0. The van der Waals surface area contributed by atoms with Crippen LogP contribution in [0.1, 0.15) is 44.7 Å². The lowest BCUT2D eigenvalue weighted by atomic mass is 9.90. The maximum atomic E-state index is 11.5. The van der Waals surface area contributed by atoms with Crippen LogP contribution >= 0.6 is 0 Å². The van der Waals surface area contributed by atoms with E-state index < -0.39 is 9.84 Å². The third kappa shape index (κ3) is 8.14. The molecule has 0 saturated carbocycles. The second-order valence-electron chi connectivity index (χ2n) is 8.88. The quantitative estimate of drug-likeness (QED) is 0.431. The monoisotopic (exact) mass is 438 g/mol. The summed E-state index contributed by atoms with van der Waals surface area (Å²) in [5.74, 6) is 1.79. The van der Waals surface area contributed by atoms with Crippen molar-refractivity contribution in [3.05, 3.63) is 29.8 Å². The predicted octanol–water partition coefficient (Wildman–Crippen LogP) is 2.46. The maximum Gasteiger partial charge on any atom is 0.191 e. The highest BCUT2D eigenvalue weighted by atomic mass is 32.2. The van der Waals surface area contributed by atoms with E-state index in [-0.39, 0.29) is 17.2 Å². The van der Waals surface area contributed by atoms with Crippen LogP contribution in [0.15, 0.2) is 29.3 Å². The number of ether oxygens (including phenoxy) is 1. The molecule has 1 unspecified atom stereocenters. The van der Waals surface area contributed by atoms with Crippen LogP contribution in [0.4, 0.5) is 0 Å². The Morgan fingerprint density at radius 2 is 1.83 bits per heavy atom. The molecular formula is C22H38N4O3S. The Morgan fingerprint density at radius 3 is 2.37 bits per heavy atom. The number of hydrogen-bond acceptors (Lipinski definition) is 5. The number of nitrogens with zero attached hydrogens (tertiary/aromatic N) is 2. The number of guanidine groups is 1. The molecule has 1 aliphatic rings. The fourth-order valence-electron chi connectivity index (χ4n) is 3.62. The average molecular weight is 439 g/mol. The first-order valence-electron chi connectivity index (χ1n) is 10.6. The molecule has 0 aliphatic carbocycles. The molecule has 30 heavy (non-hydrogen) atoms. The van der Waals surface area contributed by atoms with Gasteiger partial charge in [-0.3, -0.25) is 9.89 Å². The Bertz CT molecular complexity index is 785. The number of rotatable bonds is 10. The minimum Gasteiger partial charge on any atom is -0.497 e. The van der Waals surface area contributed by atoms with Crippen LogP contribution in [-0.4, -0.2) is 71.6 Å². The molecule has 2 rings (SSSR count). The highest BCUT2D eigenvalue weighted by Crippen LogP contribution is 2.26. The van der Waals surface area contributed by atoms with Crippen molar-refractivity contribution in [2.45, 2.75) is 39.2 Å². The summed E-state index contributed by atoms with van der Waals surface area (Å²) in [5, 5.41) is 6.83. The SMILES string of the molecule is CN=C(NCC(c1ccc(OC)cc1)N1CCCC1)NCC(C)(C)CCS(C)(=O)=O. The molecule has 1 heterocycles. The summed E-state index contributed by atoms with van der Waals surface area (Å²) in [4.78, 5) is 6.87. The van der Waals surface area contributed by atoms with Crippen molar-refractivity contribution in [2.24, 2.45) is 10.4 Å². The molecular weight excluding hydrogens is 400 g/mol. The maximum absolute atomic E-state index is 11.5. The molecule has 0 spiro atoms. The molecule has 0 bridgehead atoms. The van der Waals surface area contributed by atoms with Gasteiger partial charge in [-0.05, 0) is 55.5 Å². The molecule has 8 heteroatoms. The first-order valence-corrected chi connectivity index (χ1v) is 12.7. The van der Waals surface area contributed by atoms with Crippen molar-refractivity contribution in [3.63, 3.8) is 0 Å². The lowest BCUT2D eigenvalue weighted by Crippen LogP contribution is -2.45. The molecule has 2 N–H and O–H groups in total. The van der Waals surface area contributed by atoms with Crippen LogP contribution in [0.2, 0.25) is 0 Å². The molecule has 0 aromatic heterocycles. The van der Waals surface area contributed by atoms with Crippen LogP contribution in [-0.2, 0) is 9.84 Å². The number of aliphatic imine (C=N–C) groups is 1. The summed E-state index contributed by atoms with van der Waals surface area (Å²) >= 11 is 0. The van der Waals surface area contributed by atoms with E-state index in [0.29, 0.717) is 13.0 Å². The summed E-state index contributed by atoms with van der Waals surface area (Å²) in [6, 6.07) is 8.54. The summed E-state index contributed by atoms with van der Waals surface area (Å²) in [6.07, 6.45) is 4.36. The van der Waals surface area contributed by atoms with Gasteiger partial charge in [-0.2, -0.15) is 0 Å². The van der Waals surface area contributed by atoms with Gasteiger partial charge in [-0.25, -0.2) is 8.42 Å². The van der Waals surface area contributed by atoms with Crippen LogP contribution in [0.25, 0.3) is 0 Å². The number of nitrogens with one attached hydrogen (secondary N) is 2. The van der Waals surface area contributed by atoms with E-state index in [4.69, 9.17) is 4.74 Å². The fraction of sp³-hybridized carbons (Fsp3) is 0.682. The summed E-state index contributed by atoms with van der Waals surface area (Å²) in [7, 11) is 0.487. The smallest absolute Gasteiger partial charge is 0.191 e. The lowest BCUT2D eigenvalue weighted by molar-refractivity contribution is 0.245. The van der Waals surface area contributed by atoms with Crippen molar-refractivity contribution in [1.29, 1.82) is 0 Å². The van der Waals surface area contributed by atoms with E-state index in [1.165, 1.54) is 24.7 Å². The largest absolute Gasteiger partial charge is 0.497 e. The molecule has 1 aromatic carbocycles. The Kier molecular flexibility index (Phi) is 8.97. The van der Waals surface area contributed by atoms with Crippen LogP contribution in [0.3, 0.4) is 0 Å². The Morgan fingerprint density at radius 1 is 1.20 bits per heavy atom. The van der Waals surface area contributed by atoms with E-state index in [9.17, 15) is 8.42 Å². The van der Waals surface area contributed by atoms with Gasteiger partial charge in [0.1, 0.15) is 15.6 Å². The minimum absolute atomic E-state index is 0.148. The number of methoxy groups -OCH3 is 1. The van der Waals surface area contributed by atoms with E-state index >= 15 is 0 Å². The number of sulfone groups is 1. The number of hydrogen-bond donors (Lipinski definition) is 2. The third-order valence-corrected chi connectivity index (χ3v) is 6.60. The van der Waals surface area contributed by atoms with Crippen molar-refractivity contribution >= 4 is 15.8 Å². The highest BCUT2D eigenvalue weighted by Gasteiger charge is 2.24. The summed E-state index contributed by atoms with van der Waals surface area (Å²) in [5.41, 5.74) is 1.11. The molecule has 1 saturated heterocycles. The third-order valence-electron chi connectivity index (χ3n) is 5.65. The average Bonchev–Trinajstić information content (AvgIpc) is 3.23. The minimum atomic E-state index is -2.96. The van der Waals surface area contributed by atoms with Crippen molar-refractivity contribution in [2.75, 3.05) is 52.3 Å². The van der Waals surface area contributed by atoms with Gasteiger partial charge in [0.2, 0.25) is 0 Å². The molecule has 7 nitrogen and oxygen atoms in total. The van der Waals surface area contributed by atoms with Crippen molar-refractivity contribution in [1.82, 2.24) is 15.5 Å². The van der Waals surface area contributed by atoms with Gasteiger partial charge in [0, 0.05) is 26.4 Å². The van der Waals surface area contributed by atoms with Gasteiger partial charge in [0.25, 0.3) is 0 Å². The van der Waals surface area contributed by atoms with Gasteiger partial charge in [-0.15, -0.1) is 0 Å². The number of likely N-dealkylation sites (tertiary alicyclic amines) is 1. The van der Waals surface area contributed by atoms with E-state index in [2.05, 4.69) is 46.5 Å². The molecule has 1 atom stereocenters. The summed E-state index contributed by atoms with van der Waals surface area (Å²) in [6.45, 7) is 7.74. The van der Waals surface area contributed by atoms with E-state index in [1.54, 1.807) is 14.2 Å². The van der Waals surface area contributed by atoms with Crippen molar-refractivity contribution in [3.8, 4) is 5.75 Å². The van der Waals surface area contributed by atoms with E-state index in [0.717, 1.165) is 31.3 Å². The Labute approximate surface area is 182 Å². The second-order valence-corrected chi connectivity index (χ2v) is 11.1. The zero-order valence-corrected chi connectivity index (χ0v) is 19.9. The zero-order valence-electron chi connectivity index (χ0n) is 19.1. The van der Waals surface area contributed by atoms with Crippen LogP contribution in [0.5, 0.6) is 5.75 Å². The standard InChI is InChI=1S/C22H38N4O3S/c1-22(2,12-15-30(5,27)28)17-25-21(23-3)24-16-20(26-13-6-7-14-26)18-8-10-19(29-4)11-9-18/h8-11,20H,6-7,12-17H2,1-5H3,(H2,23,24,25). The molecule has 170 valence electrons. The normalized spacial score (nSPS) is 17.0. The predicted molar refractivity (Wildman–Crippen MR) is 124 cm³/mol. The van der Waals surface area contributed by atoms with Crippen LogP contribution in [0, 0.1) is 5.41 Å². The Hall–Kier alpha value is -1.80.